The van der Waals surface area contributed by atoms with Gasteiger partial charge in [0, 0.05) is 25.7 Å². The highest BCUT2D eigenvalue weighted by Gasteiger charge is 2.31. The predicted octanol–water partition coefficient (Wildman–Crippen LogP) is 4.40. The summed E-state index contributed by atoms with van der Waals surface area (Å²) in [6.07, 6.45) is 6.42. The minimum atomic E-state index is -0.528. The number of nitrogens with zero attached hydrogens (tertiary/aromatic N) is 1. The molecule has 0 saturated carbocycles. The third-order valence-electron chi connectivity index (χ3n) is 5.68. The SMILES string of the molecule is CN(C)C(=O)NC(=O)C1CCCc2cc(OCCCCCc3ccccc3)cc(O)c21. The maximum Gasteiger partial charge on any atom is 0.323 e. The van der Waals surface area contributed by atoms with E-state index in [1.165, 1.54) is 10.5 Å². The Labute approximate surface area is 184 Å². The van der Waals surface area contributed by atoms with E-state index >= 15 is 0 Å². The average molecular weight is 425 g/mol. The first-order chi connectivity index (χ1) is 15.0. The highest BCUT2D eigenvalue weighted by atomic mass is 16.5. The Kier molecular flexibility index (Phi) is 7.93. The number of phenolic OH excluding ortho intramolecular Hbond substituents is 1. The van der Waals surface area contributed by atoms with E-state index < -0.39 is 11.9 Å². The number of hydrogen-bond acceptors (Lipinski definition) is 4. The van der Waals surface area contributed by atoms with E-state index in [-0.39, 0.29) is 11.7 Å². The first-order valence-electron chi connectivity index (χ1n) is 11.0. The lowest BCUT2D eigenvalue weighted by molar-refractivity contribution is -0.122. The van der Waals surface area contributed by atoms with Gasteiger partial charge in [-0.1, -0.05) is 30.3 Å². The summed E-state index contributed by atoms with van der Waals surface area (Å²) < 4.78 is 5.88. The molecule has 6 nitrogen and oxygen atoms in total. The number of hydrogen-bond donors (Lipinski definition) is 2. The van der Waals surface area contributed by atoms with Gasteiger partial charge in [0.25, 0.3) is 0 Å². The van der Waals surface area contributed by atoms with Gasteiger partial charge in [-0.3, -0.25) is 10.1 Å². The number of carbonyl (C=O) groups excluding carboxylic acids is 2. The van der Waals surface area contributed by atoms with Gasteiger partial charge in [0.2, 0.25) is 5.91 Å². The number of phenols is 1. The fourth-order valence-electron chi connectivity index (χ4n) is 4.01. The summed E-state index contributed by atoms with van der Waals surface area (Å²) in [6.45, 7) is 0.592. The maximum atomic E-state index is 12.6. The third kappa shape index (κ3) is 6.23. The molecule has 31 heavy (non-hydrogen) atoms. The molecular weight excluding hydrogens is 392 g/mol. The number of unbranched alkanes of at least 4 members (excludes halogenated alkanes) is 2. The average Bonchev–Trinajstić information content (AvgIpc) is 2.76. The van der Waals surface area contributed by atoms with Crippen LogP contribution >= 0.6 is 0 Å². The number of imide groups is 1. The molecule has 0 fully saturated rings. The third-order valence-corrected chi connectivity index (χ3v) is 5.68. The Bertz CT molecular complexity index is 896. The van der Waals surface area contributed by atoms with Gasteiger partial charge < -0.3 is 14.7 Å². The molecule has 3 amide bonds. The molecule has 0 heterocycles. The highest BCUT2D eigenvalue weighted by molar-refractivity contribution is 5.98. The molecule has 1 unspecified atom stereocenters. The highest BCUT2D eigenvalue weighted by Crippen LogP contribution is 2.40. The first kappa shape index (κ1) is 22.7. The minimum Gasteiger partial charge on any atom is -0.507 e. The van der Waals surface area contributed by atoms with Gasteiger partial charge in [0.15, 0.2) is 0 Å². The molecule has 1 atom stereocenters. The topological polar surface area (TPSA) is 78.9 Å². The van der Waals surface area contributed by atoms with Gasteiger partial charge in [-0.2, -0.15) is 0 Å². The molecule has 0 bridgehead atoms. The minimum absolute atomic E-state index is 0.0636. The van der Waals surface area contributed by atoms with E-state index in [9.17, 15) is 14.7 Å². The van der Waals surface area contributed by atoms with Crippen molar-refractivity contribution in [3.05, 3.63) is 59.2 Å². The van der Waals surface area contributed by atoms with E-state index in [4.69, 9.17) is 4.74 Å². The van der Waals surface area contributed by atoms with Crippen LogP contribution in [0.3, 0.4) is 0 Å². The van der Waals surface area contributed by atoms with E-state index in [2.05, 4.69) is 29.6 Å². The van der Waals surface area contributed by atoms with E-state index in [0.29, 0.717) is 24.3 Å². The monoisotopic (exact) mass is 424 g/mol. The Morgan fingerprint density at radius 2 is 1.90 bits per heavy atom. The Morgan fingerprint density at radius 3 is 2.65 bits per heavy atom. The lowest BCUT2D eigenvalue weighted by atomic mass is 9.81. The number of urea groups is 1. The summed E-state index contributed by atoms with van der Waals surface area (Å²) in [6, 6.07) is 13.5. The van der Waals surface area contributed by atoms with Crippen LogP contribution in [0.15, 0.2) is 42.5 Å². The largest absolute Gasteiger partial charge is 0.507 e. The Hall–Kier alpha value is -3.02. The molecule has 3 rings (SSSR count). The number of carbonyl (C=O) groups is 2. The van der Waals surface area contributed by atoms with Crippen molar-refractivity contribution in [3.63, 3.8) is 0 Å². The second-order valence-corrected chi connectivity index (χ2v) is 8.29. The lowest BCUT2D eigenvalue weighted by Crippen LogP contribution is -2.41. The van der Waals surface area contributed by atoms with E-state index in [1.807, 2.05) is 12.1 Å². The molecular formula is C25H32N2O4. The number of ether oxygens (including phenoxy) is 1. The van der Waals surface area contributed by atoms with Crippen molar-refractivity contribution in [3.8, 4) is 11.5 Å². The molecule has 1 aliphatic carbocycles. The zero-order valence-electron chi connectivity index (χ0n) is 18.4. The van der Waals surface area contributed by atoms with Gasteiger partial charge in [-0.05, 0) is 62.1 Å². The first-order valence-corrected chi connectivity index (χ1v) is 11.0. The van der Waals surface area contributed by atoms with Gasteiger partial charge in [0.05, 0.1) is 12.5 Å². The van der Waals surface area contributed by atoms with Crippen molar-refractivity contribution in [1.82, 2.24) is 10.2 Å². The van der Waals surface area contributed by atoms with Crippen LogP contribution in [-0.4, -0.2) is 42.6 Å². The molecule has 1 aliphatic rings. The van der Waals surface area contributed by atoms with Crippen molar-refractivity contribution < 1.29 is 19.4 Å². The van der Waals surface area contributed by atoms with Gasteiger partial charge in [0.1, 0.15) is 11.5 Å². The van der Waals surface area contributed by atoms with E-state index in [1.54, 1.807) is 20.2 Å². The quantitative estimate of drug-likeness (QED) is 0.616. The number of amides is 3. The number of rotatable bonds is 8. The van der Waals surface area contributed by atoms with Crippen LogP contribution in [0.4, 0.5) is 4.79 Å². The van der Waals surface area contributed by atoms with Crippen LogP contribution < -0.4 is 10.1 Å². The molecule has 2 aromatic carbocycles. The normalized spacial score (nSPS) is 15.1. The van der Waals surface area contributed by atoms with Crippen LogP contribution in [0.2, 0.25) is 0 Å². The molecule has 166 valence electrons. The molecule has 0 radical (unpaired) electrons. The molecule has 0 aromatic heterocycles. The Balaban J connectivity index is 1.53. The van der Waals surface area contributed by atoms with E-state index in [0.717, 1.165) is 44.1 Å². The molecule has 0 aliphatic heterocycles. The summed E-state index contributed by atoms with van der Waals surface area (Å²) in [5.41, 5.74) is 2.89. The van der Waals surface area contributed by atoms with Crippen molar-refractivity contribution >= 4 is 11.9 Å². The number of aromatic hydroxyl groups is 1. The zero-order valence-corrected chi connectivity index (χ0v) is 18.4. The number of benzene rings is 2. The van der Waals surface area contributed by atoms with Crippen LogP contribution in [0.1, 0.15) is 54.7 Å². The second kappa shape index (κ2) is 10.8. The lowest BCUT2D eigenvalue weighted by Gasteiger charge is -2.26. The Morgan fingerprint density at radius 1 is 1.13 bits per heavy atom. The van der Waals surface area contributed by atoms with Crippen molar-refractivity contribution in [1.29, 1.82) is 0 Å². The summed E-state index contributed by atoms with van der Waals surface area (Å²) >= 11 is 0. The molecule has 2 N–H and O–H groups in total. The van der Waals surface area contributed by atoms with Crippen molar-refractivity contribution in [2.45, 2.75) is 50.9 Å². The molecule has 0 saturated heterocycles. The van der Waals surface area contributed by atoms with Gasteiger partial charge in [-0.25, -0.2) is 4.79 Å². The number of aryl methyl sites for hydroxylation is 2. The summed E-state index contributed by atoms with van der Waals surface area (Å²) in [4.78, 5) is 25.7. The van der Waals surface area contributed by atoms with Gasteiger partial charge >= 0.3 is 6.03 Å². The summed E-state index contributed by atoms with van der Waals surface area (Å²) in [7, 11) is 3.17. The fourth-order valence-corrected chi connectivity index (χ4v) is 4.01. The fraction of sp³-hybridized carbons (Fsp3) is 0.440. The molecule has 6 heteroatoms. The van der Waals surface area contributed by atoms with Crippen LogP contribution in [0.25, 0.3) is 0 Å². The van der Waals surface area contributed by atoms with Crippen molar-refractivity contribution in [2.24, 2.45) is 0 Å². The number of nitrogens with one attached hydrogen (secondary N) is 1. The van der Waals surface area contributed by atoms with Crippen LogP contribution in [0.5, 0.6) is 11.5 Å². The smallest absolute Gasteiger partial charge is 0.323 e. The standard InChI is InChI=1S/C25H32N2O4/c1-27(2)25(30)26-24(29)21-14-9-13-19-16-20(17-22(28)23(19)21)31-15-8-4-7-12-18-10-5-3-6-11-18/h3,5-6,10-11,16-17,21,28H,4,7-9,12-15H2,1-2H3,(H,26,29,30). The second-order valence-electron chi connectivity index (χ2n) is 8.29. The predicted molar refractivity (Wildman–Crippen MR) is 121 cm³/mol. The molecule has 0 spiro atoms. The number of fused-ring (bicyclic) bond motifs is 1. The molecule has 2 aromatic rings. The van der Waals surface area contributed by atoms with Crippen LogP contribution in [-0.2, 0) is 17.6 Å². The maximum absolute atomic E-state index is 12.6. The zero-order chi connectivity index (χ0) is 22.2. The summed E-state index contributed by atoms with van der Waals surface area (Å²) in [5, 5.41) is 13.0. The van der Waals surface area contributed by atoms with Crippen molar-refractivity contribution in [2.75, 3.05) is 20.7 Å². The van der Waals surface area contributed by atoms with Crippen LogP contribution in [0, 0.1) is 0 Å². The van der Waals surface area contributed by atoms with Gasteiger partial charge in [-0.15, -0.1) is 0 Å². The summed E-state index contributed by atoms with van der Waals surface area (Å²) in [5.74, 6) is -0.208.